The molecular weight excluding hydrogens is 180 g/mol. The number of phenols is 1. The van der Waals surface area contributed by atoms with Crippen LogP contribution in [0.2, 0.25) is 0 Å². The van der Waals surface area contributed by atoms with E-state index in [9.17, 15) is 0 Å². The molecule has 78 valence electrons. The average molecular weight is 196 g/mol. The van der Waals surface area contributed by atoms with Crippen LogP contribution in [0.5, 0.6) is 5.75 Å². The van der Waals surface area contributed by atoms with Crippen LogP contribution < -0.4 is 0 Å². The van der Waals surface area contributed by atoms with Crippen LogP contribution in [-0.4, -0.2) is 31.5 Å². The average Bonchev–Trinajstić information content (AvgIpc) is 2.26. The molecule has 0 saturated carbocycles. The van der Waals surface area contributed by atoms with Gasteiger partial charge in [-0.2, -0.15) is 0 Å². The lowest BCUT2D eigenvalue weighted by Gasteiger charge is -2.09. The summed E-state index contributed by atoms with van der Waals surface area (Å²) in [5, 5.41) is 8.76. The van der Waals surface area contributed by atoms with Gasteiger partial charge < -0.3 is 14.6 Å². The summed E-state index contributed by atoms with van der Waals surface area (Å²) in [4.78, 5) is 0. The van der Waals surface area contributed by atoms with Crippen molar-refractivity contribution in [1.29, 1.82) is 0 Å². The van der Waals surface area contributed by atoms with E-state index in [1.807, 2.05) is 19.1 Å². The monoisotopic (exact) mass is 196 g/mol. The summed E-state index contributed by atoms with van der Waals surface area (Å²) < 4.78 is 9.89. The van der Waals surface area contributed by atoms with Crippen LogP contribution in [0.25, 0.3) is 0 Å². The van der Waals surface area contributed by atoms with E-state index in [2.05, 4.69) is 0 Å². The molecule has 1 N–H and O–H groups in total. The summed E-state index contributed by atoms with van der Waals surface area (Å²) >= 11 is 0. The van der Waals surface area contributed by atoms with Crippen molar-refractivity contribution in [2.24, 2.45) is 0 Å². The van der Waals surface area contributed by atoms with Gasteiger partial charge in [-0.3, -0.25) is 0 Å². The Kier molecular flexibility index (Phi) is 5.04. The molecule has 1 saturated heterocycles. The van der Waals surface area contributed by atoms with E-state index in [-0.39, 0.29) is 0 Å². The van der Waals surface area contributed by atoms with Gasteiger partial charge in [0.25, 0.3) is 0 Å². The molecule has 3 nitrogen and oxygen atoms in total. The highest BCUT2D eigenvalue weighted by Gasteiger charge is 1.94. The number of hydrogen-bond donors (Lipinski definition) is 1. The fraction of sp³-hybridized carbons (Fsp3) is 0.455. The molecule has 0 atom stereocenters. The zero-order chi connectivity index (χ0) is 10.2. The molecule has 1 aliphatic heterocycles. The second-order valence-corrected chi connectivity index (χ2v) is 3.06. The Morgan fingerprint density at radius 2 is 1.36 bits per heavy atom. The molecule has 0 spiro atoms. The molecule has 0 aromatic heterocycles. The van der Waals surface area contributed by atoms with E-state index >= 15 is 0 Å². The van der Waals surface area contributed by atoms with Gasteiger partial charge in [0.05, 0.1) is 26.4 Å². The standard InChI is InChI=1S/C7H8O.C4H8O2/c1-6-2-4-7(8)5-3-6;1-2-6-4-3-5-1/h2-5,8H,1H3;1-4H2. The van der Waals surface area contributed by atoms with Crippen molar-refractivity contribution in [2.45, 2.75) is 6.92 Å². The zero-order valence-electron chi connectivity index (χ0n) is 8.40. The lowest BCUT2D eigenvalue weighted by molar-refractivity contribution is -0.0334. The van der Waals surface area contributed by atoms with Gasteiger partial charge >= 0.3 is 0 Å². The highest BCUT2D eigenvalue weighted by Crippen LogP contribution is 2.07. The van der Waals surface area contributed by atoms with Crippen molar-refractivity contribution in [3.05, 3.63) is 29.8 Å². The van der Waals surface area contributed by atoms with E-state index in [0.29, 0.717) is 5.75 Å². The van der Waals surface area contributed by atoms with Crippen LogP contribution in [0.15, 0.2) is 24.3 Å². The topological polar surface area (TPSA) is 38.7 Å². The predicted octanol–water partition coefficient (Wildman–Crippen LogP) is 1.73. The van der Waals surface area contributed by atoms with Crippen LogP contribution in [0.3, 0.4) is 0 Å². The molecule has 1 aromatic rings. The highest BCUT2D eigenvalue weighted by atomic mass is 16.6. The van der Waals surface area contributed by atoms with Crippen molar-refractivity contribution >= 4 is 0 Å². The number of benzene rings is 1. The maximum atomic E-state index is 8.76. The molecule has 0 aliphatic carbocycles. The van der Waals surface area contributed by atoms with Gasteiger partial charge in [-0.1, -0.05) is 17.7 Å². The van der Waals surface area contributed by atoms with Crippen LogP contribution in [-0.2, 0) is 9.47 Å². The Balaban J connectivity index is 0.000000146. The Labute approximate surface area is 84.3 Å². The summed E-state index contributed by atoms with van der Waals surface area (Å²) in [5.74, 6) is 0.329. The molecular formula is C11H16O3. The molecule has 3 heteroatoms. The fourth-order valence-corrected chi connectivity index (χ4v) is 0.985. The summed E-state index contributed by atoms with van der Waals surface area (Å²) in [6, 6.07) is 7.09. The van der Waals surface area contributed by atoms with Gasteiger partial charge in [0.1, 0.15) is 5.75 Å². The number of aryl methyl sites for hydroxylation is 1. The van der Waals surface area contributed by atoms with Crippen LogP contribution in [0.1, 0.15) is 5.56 Å². The SMILES string of the molecule is C1COCCO1.Cc1ccc(O)cc1. The third-order valence-electron chi connectivity index (χ3n) is 1.78. The number of ether oxygens (including phenoxy) is 2. The number of rotatable bonds is 0. The maximum Gasteiger partial charge on any atom is 0.115 e. The fourth-order valence-electron chi connectivity index (χ4n) is 0.985. The molecule has 14 heavy (non-hydrogen) atoms. The van der Waals surface area contributed by atoms with E-state index < -0.39 is 0 Å². The van der Waals surface area contributed by atoms with Crippen LogP contribution >= 0.6 is 0 Å². The Hall–Kier alpha value is -1.06. The first kappa shape index (κ1) is 11.0. The van der Waals surface area contributed by atoms with Crippen LogP contribution in [0, 0.1) is 6.92 Å². The van der Waals surface area contributed by atoms with Crippen molar-refractivity contribution in [2.75, 3.05) is 26.4 Å². The minimum atomic E-state index is 0.329. The summed E-state index contributed by atoms with van der Waals surface area (Å²) in [6.45, 7) is 5.10. The summed E-state index contributed by atoms with van der Waals surface area (Å²) in [7, 11) is 0. The van der Waals surface area contributed by atoms with Crippen LogP contribution in [0.4, 0.5) is 0 Å². The zero-order valence-corrected chi connectivity index (χ0v) is 8.40. The Morgan fingerprint density at radius 3 is 1.64 bits per heavy atom. The Bertz CT molecular complexity index is 207. The summed E-state index contributed by atoms with van der Waals surface area (Å²) in [6.07, 6.45) is 0. The predicted molar refractivity (Wildman–Crippen MR) is 54.5 cm³/mol. The third kappa shape index (κ3) is 4.84. The Morgan fingerprint density at radius 1 is 0.929 bits per heavy atom. The molecule has 1 aromatic carbocycles. The van der Waals surface area contributed by atoms with E-state index in [0.717, 1.165) is 26.4 Å². The first-order valence-corrected chi connectivity index (χ1v) is 4.70. The van der Waals surface area contributed by atoms with Gasteiger partial charge in [0.2, 0.25) is 0 Å². The van der Waals surface area contributed by atoms with Gasteiger partial charge in [0, 0.05) is 0 Å². The van der Waals surface area contributed by atoms with E-state index in [4.69, 9.17) is 14.6 Å². The number of aromatic hydroxyl groups is 1. The lowest BCUT2D eigenvalue weighted by Crippen LogP contribution is -2.16. The van der Waals surface area contributed by atoms with Gasteiger partial charge in [-0.05, 0) is 19.1 Å². The second kappa shape index (κ2) is 6.40. The smallest absolute Gasteiger partial charge is 0.115 e. The maximum absolute atomic E-state index is 8.76. The molecule has 2 rings (SSSR count). The molecule has 1 aliphatic rings. The normalized spacial score (nSPS) is 15.5. The van der Waals surface area contributed by atoms with Crippen molar-refractivity contribution in [1.82, 2.24) is 0 Å². The first-order valence-electron chi connectivity index (χ1n) is 4.70. The molecule has 0 unspecified atom stereocenters. The third-order valence-corrected chi connectivity index (χ3v) is 1.78. The van der Waals surface area contributed by atoms with E-state index in [1.165, 1.54) is 5.56 Å². The molecule has 0 bridgehead atoms. The molecule has 0 amide bonds. The highest BCUT2D eigenvalue weighted by molar-refractivity contribution is 5.24. The second-order valence-electron chi connectivity index (χ2n) is 3.06. The van der Waals surface area contributed by atoms with Gasteiger partial charge in [-0.15, -0.1) is 0 Å². The quantitative estimate of drug-likeness (QED) is 0.686. The van der Waals surface area contributed by atoms with Crippen molar-refractivity contribution in [3.63, 3.8) is 0 Å². The minimum absolute atomic E-state index is 0.329. The van der Waals surface area contributed by atoms with Gasteiger partial charge in [0.15, 0.2) is 0 Å². The minimum Gasteiger partial charge on any atom is -0.508 e. The number of hydrogen-bond acceptors (Lipinski definition) is 3. The number of phenolic OH excluding ortho intramolecular Hbond substituents is 1. The molecule has 0 radical (unpaired) electrons. The largest absolute Gasteiger partial charge is 0.508 e. The van der Waals surface area contributed by atoms with Crippen molar-refractivity contribution < 1.29 is 14.6 Å². The summed E-state index contributed by atoms with van der Waals surface area (Å²) in [5.41, 5.74) is 1.17. The van der Waals surface area contributed by atoms with Gasteiger partial charge in [-0.25, -0.2) is 0 Å². The lowest BCUT2D eigenvalue weighted by atomic mass is 10.2. The van der Waals surface area contributed by atoms with Crippen molar-refractivity contribution in [3.8, 4) is 5.75 Å². The first-order chi connectivity index (χ1) is 6.79. The van der Waals surface area contributed by atoms with E-state index in [1.54, 1.807) is 12.1 Å². The molecule has 1 heterocycles. The molecule has 1 fully saturated rings.